The summed E-state index contributed by atoms with van der Waals surface area (Å²) in [6.45, 7) is 5.49. The van der Waals surface area contributed by atoms with E-state index in [0.717, 1.165) is 10.6 Å². The molecular weight excluding hydrogens is 528 g/mol. The number of nitrogens with zero attached hydrogens (tertiary/aromatic N) is 2. The summed E-state index contributed by atoms with van der Waals surface area (Å²) in [5.41, 5.74) is 0.822. The molecule has 0 aromatic heterocycles. The zero-order valence-corrected chi connectivity index (χ0v) is 23.1. The van der Waals surface area contributed by atoms with Gasteiger partial charge < -0.3 is 10.2 Å². The van der Waals surface area contributed by atoms with Crippen LogP contribution in [0.1, 0.15) is 45.6 Å². The third-order valence-corrected chi connectivity index (χ3v) is 7.38. The van der Waals surface area contributed by atoms with Crippen molar-refractivity contribution < 1.29 is 22.4 Å². The second kappa shape index (κ2) is 13.3. The number of sulfonamides is 1. The molecule has 0 unspecified atom stereocenters. The summed E-state index contributed by atoms with van der Waals surface area (Å²) >= 11 is 12.7. The van der Waals surface area contributed by atoms with E-state index in [1.807, 2.05) is 13.8 Å². The number of rotatable bonds is 12. The average molecular weight is 561 g/mol. The van der Waals surface area contributed by atoms with Crippen molar-refractivity contribution in [2.24, 2.45) is 0 Å². The second-order valence-electron chi connectivity index (χ2n) is 8.72. The molecular formula is C25H32Cl2FN3O4S. The third-order valence-electron chi connectivity index (χ3n) is 5.47. The normalized spacial score (nSPS) is 12.3. The molecule has 1 N–H and O–H groups in total. The van der Waals surface area contributed by atoms with Gasteiger partial charge in [-0.15, -0.1) is 0 Å². The number of carbonyl (C=O) groups is 2. The highest BCUT2D eigenvalue weighted by molar-refractivity contribution is 7.92. The van der Waals surface area contributed by atoms with Crippen molar-refractivity contribution in [3.8, 4) is 0 Å². The van der Waals surface area contributed by atoms with Gasteiger partial charge in [-0.25, -0.2) is 12.8 Å². The Morgan fingerprint density at radius 1 is 1.06 bits per heavy atom. The Morgan fingerprint density at radius 2 is 1.64 bits per heavy atom. The van der Waals surface area contributed by atoms with Gasteiger partial charge >= 0.3 is 0 Å². The van der Waals surface area contributed by atoms with E-state index in [2.05, 4.69) is 5.32 Å². The topological polar surface area (TPSA) is 86.8 Å². The minimum absolute atomic E-state index is 0.00583. The molecule has 0 saturated heterocycles. The van der Waals surface area contributed by atoms with Crippen LogP contribution in [0.15, 0.2) is 42.5 Å². The molecule has 0 bridgehead atoms. The van der Waals surface area contributed by atoms with E-state index in [4.69, 9.17) is 23.2 Å². The minimum Gasteiger partial charge on any atom is -0.352 e. The molecule has 0 fully saturated rings. The number of anilines is 1. The zero-order chi connectivity index (χ0) is 27.0. The number of nitrogens with one attached hydrogen (secondary N) is 1. The fourth-order valence-corrected chi connectivity index (χ4v) is 5.25. The maximum atomic E-state index is 13.4. The number of amides is 2. The summed E-state index contributed by atoms with van der Waals surface area (Å²) in [4.78, 5) is 27.8. The Labute approximate surface area is 222 Å². The molecule has 0 heterocycles. The SMILES string of the molecule is CC[C@H](C(=O)NC(C)C)N(Cc1c(Cl)cccc1Cl)C(=O)CCCN(c1ccc(F)cc1)S(C)(=O)=O. The van der Waals surface area contributed by atoms with Gasteiger partial charge in [0.05, 0.1) is 11.9 Å². The molecule has 36 heavy (non-hydrogen) atoms. The predicted molar refractivity (Wildman–Crippen MR) is 142 cm³/mol. The van der Waals surface area contributed by atoms with Gasteiger partial charge in [0.2, 0.25) is 21.8 Å². The number of halogens is 3. The van der Waals surface area contributed by atoms with Crippen LogP contribution in [0.5, 0.6) is 0 Å². The Kier molecular flexibility index (Phi) is 11.0. The lowest BCUT2D eigenvalue weighted by molar-refractivity contribution is -0.141. The highest BCUT2D eigenvalue weighted by Gasteiger charge is 2.30. The molecule has 0 spiro atoms. The van der Waals surface area contributed by atoms with Crippen molar-refractivity contribution >= 4 is 50.7 Å². The number of benzene rings is 2. The maximum absolute atomic E-state index is 13.4. The van der Waals surface area contributed by atoms with Gasteiger partial charge in [-0.05, 0) is 63.1 Å². The first kappa shape index (κ1) is 29.9. The van der Waals surface area contributed by atoms with E-state index >= 15 is 0 Å². The first-order valence-corrected chi connectivity index (χ1v) is 14.2. The smallest absolute Gasteiger partial charge is 0.243 e. The van der Waals surface area contributed by atoms with Crippen LogP contribution in [-0.2, 0) is 26.2 Å². The standard InChI is InChI=1S/C25H32Cl2FN3O4S/c1-5-23(25(33)29-17(2)3)30(16-20-21(26)8-6-9-22(20)27)24(32)10-7-15-31(36(4,34)35)19-13-11-18(28)12-14-19/h6,8-9,11-14,17,23H,5,7,10,15-16H2,1-4H3,(H,29,33)/t23-/m1/s1. The molecule has 0 aliphatic carbocycles. The van der Waals surface area contributed by atoms with Crippen LogP contribution >= 0.6 is 23.2 Å². The molecule has 2 rings (SSSR count). The second-order valence-corrected chi connectivity index (χ2v) is 11.4. The number of hydrogen-bond acceptors (Lipinski definition) is 4. The van der Waals surface area contributed by atoms with Crippen molar-refractivity contribution in [2.75, 3.05) is 17.1 Å². The van der Waals surface area contributed by atoms with Crippen molar-refractivity contribution in [3.05, 3.63) is 63.9 Å². The molecule has 2 aromatic carbocycles. The highest BCUT2D eigenvalue weighted by Crippen LogP contribution is 2.27. The van der Waals surface area contributed by atoms with Crippen LogP contribution < -0.4 is 9.62 Å². The average Bonchev–Trinajstić information content (AvgIpc) is 2.78. The first-order chi connectivity index (χ1) is 16.8. The lowest BCUT2D eigenvalue weighted by Crippen LogP contribution is -2.50. The summed E-state index contributed by atoms with van der Waals surface area (Å²) in [5.74, 6) is -1.13. The quantitative estimate of drug-likeness (QED) is 0.396. The molecule has 7 nitrogen and oxygen atoms in total. The summed E-state index contributed by atoms with van der Waals surface area (Å²) in [6, 6.07) is 9.21. The predicted octanol–water partition coefficient (Wildman–Crippen LogP) is 5.01. The van der Waals surface area contributed by atoms with Gasteiger partial charge in [0, 0.05) is 41.2 Å². The van der Waals surface area contributed by atoms with Crippen molar-refractivity contribution in [1.29, 1.82) is 0 Å². The fraction of sp³-hybridized carbons (Fsp3) is 0.440. The number of carbonyl (C=O) groups excluding carboxylic acids is 2. The van der Waals surface area contributed by atoms with Crippen LogP contribution in [0.3, 0.4) is 0 Å². The fourth-order valence-electron chi connectivity index (χ4n) is 3.77. The van der Waals surface area contributed by atoms with E-state index in [1.54, 1.807) is 25.1 Å². The largest absolute Gasteiger partial charge is 0.352 e. The Bertz CT molecular complexity index is 1140. The van der Waals surface area contributed by atoms with E-state index in [9.17, 15) is 22.4 Å². The van der Waals surface area contributed by atoms with Crippen molar-refractivity contribution in [2.45, 2.75) is 58.7 Å². The molecule has 2 aromatic rings. The molecule has 0 aliphatic heterocycles. The van der Waals surface area contributed by atoms with Gasteiger partial charge in [-0.1, -0.05) is 36.2 Å². The van der Waals surface area contributed by atoms with Gasteiger partial charge in [-0.3, -0.25) is 13.9 Å². The maximum Gasteiger partial charge on any atom is 0.243 e. The van der Waals surface area contributed by atoms with Crippen LogP contribution in [0, 0.1) is 5.82 Å². The lowest BCUT2D eigenvalue weighted by Gasteiger charge is -2.32. The van der Waals surface area contributed by atoms with Gasteiger partial charge in [0.1, 0.15) is 11.9 Å². The van der Waals surface area contributed by atoms with Crippen LogP contribution in [0.4, 0.5) is 10.1 Å². The summed E-state index contributed by atoms with van der Waals surface area (Å²) in [7, 11) is -3.67. The summed E-state index contributed by atoms with van der Waals surface area (Å²) in [5, 5.41) is 3.60. The Balaban J connectivity index is 2.27. The van der Waals surface area contributed by atoms with Crippen LogP contribution in [0.25, 0.3) is 0 Å². The minimum atomic E-state index is -3.67. The summed E-state index contributed by atoms with van der Waals surface area (Å²) in [6.07, 6.45) is 1.56. The van der Waals surface area contributed by atoms with Crippen molar-refractivity contribution in [3.63, 3.8) is 0 Å². The zero-order valence-electron chi connectivity index (χ0n) is 20.8. The molecule has 0 aliphatic rings. The van der Waals surface area contributed by atoms with Gasteiger partial charge in [0.25, 0.3) is 0 Å². The first-order valence-electron chi connectivity index (χ1n) is 11.6. The lowest BCUT2D eigenvalue weighted by atomic mass is 10.1. The molecule has 0 radical (unpaired) electrons. The van der Waals surface area contributed by atoms with Gasteiger partial charge in [0.15, 0.2) is 0 Å². The van der Waals surface area contributed by atoms with Crippen LogP contribution in [-0.4, -0.2) is 50.0 Å². The Morgan fingerprint density at radius 3 is 2.14 bits per heavy atom. The third kappa shape index (κ3) is 8.35. The molecule has 0 saturated carbocycles. The highest BCUT2D eigenvalue weighted by atomic mass is 35.5. The molecule has 198 valence electrons. The van der Waals surface area contributed by atoms with E-state index in [1.165, 1.54) is 29.2 Å². The molecule has 1 atom stereocenters. The number of hydrogen-bond donors (Lipinski definition) is 1. The molecule has 2 amide bonds. The van der Waals surface area contributed by atoms with E-state index < -0.39 is 21.9 Å². The Hall–Kier alpha value is -2.36. The summed E-state index contributed by atoms with van der Waals surface area (Å²) < 4.78 is 39.1. The van der Waals surface area contributed by atoms with Crippen LogP contribution in [0.2, 0.25) is 10.0 Å². The van der Waals surface area contributed by atoms with E-state index in [-0.39, 0.29) is 43.8 Å². The van der Waals surface area contributed by atoms with Gasteiger partial charge in [-0.2, -0.15) is 0 Å². The van der Waals surface area contributed by atoms with E-state index in [0.29, 0.717) is 27.7 Å². The molecule has 11 heteroatoms. The van der Waals surface area contributed by atoms with Crippen molar-refractivity contribution in [1.82, 2.24) is 10.2 Å². The monoisotopic (exact) mass is 559 g/mol.